The normalized spacial score (nSPS) is 14.1. The maximum atomic E-state index is 5.54. The van der Waals surface area contributed by atoms with Crippen LogP contribution in [0.1, 0.15) is 28.4 Å². The van der Waals surface area contributed by atoms with Gasteiger partial charge in [-0.25, -0.2) is 4.98 Å². The van der Waals surface area contributed by atoms with Crippen LogP contribution in [0.2, 0.25) is 0 Å². The molecule has 0 aliphatic rings. The lowest BCUT2D eigenvalue weighted by Gasteiger charge is -2.13. The number of aromatic nitrogens is 1. The maximum absolute atomic E-state index is 5.54. The number of rotatable bonds is 3. The van der Waals surface area contributed by atoms with Gasteiger partial charge in [-0.15, -0.1) is 11.3 Å². The van der Waals surface area contributed by atoms with E-state index < -0.39 is 0 Å². The number of thiazole rings is 1. The van der Waals surface area contributed by atoms with Crippen LogP contribution in [0.4, 0.5) is 0 Å². The molecule has 0 aliphatic heterocycles. The van der Waals surface area contributed by atoms with E-state index in [-0.39, 0.29) is 0 Å². The van der Waals surface area contributed by atoms with Crippen LogP contribution in [0.5, 0.6) is 0 Å². The number of nitrogens with two attached hydrogens (primary N) is 1. The molecule has 0 amide bonds. The Morgan fingerprint density at radius 1 is 1.57 bits per heavy atom. The van der Waals surface area contributed by atoms with E-state index in [1.165, 1.54) is 4.88 Å². The number of hydrogen-bond donors (Lipinski definition) is 2. The summed E-state index contributed by atoms with van der Waals surface area (Å²) in [5.74, 6) is 0.302. The summed E-state index contributed by atoms with van der Waals surface area (Å²) in [7, 11) is 1.89. The lowest BCUT2D eigenvalue weighted by atomic mass is 10.1. The smallest absolute Gasteiger partial charge is 0.0900 e. The van der Waals surface area contributed by atoms with Gasteiger partial charge in [0.15, 0.2) is 0 Å². The third-order valence-electron chi connectivity index (χ3n) is 2.27. The fourth-order valence-corrected chi connectivity index (χ4v) is 2.53. The summed E-state index contributed by atoms with van der Waals surface area (Å²) < 4.78 is 0. The molecule has 0 aromatic carbocycles. The molecule has 0 aliphatic carbocycles. The Kier molecular flexibility index (Phi) is 3.52. The predicted molar refractivity (Wildman–Crippen MR) is 61.3 cm³/mol. The minimum absolute atomic E-state index is 0.302. The molecule has 1 atom stereocenters. The van der Waals surface area contributed by atoms with Crippen molar-refractivity contribution in [3.05, 3.63) is 27.5 Å². The van der Waals surface area contributed by atoms with Gasteiger partial charge in [-0.2, -0.15) is 0 Å². The molecule has 14 heavy (non-hydrogen) atoms. The van der Waals surface area contributed by atoms with E-state index in [0.29, 0.717) is 5.92 Å². The van der Waals surface area contributed by atoms with Crippen molar-refractivity contribution >= 4 is 11.3 Å². The third kappa shape index (κ3) is 2.07. The van der Waals surface area contributed by atoms with Crippen LogP contribution in [0.25, 0.3) is 0 Å². The third-order valence-corrected chi connectivity index (χ3v) is 3.52. The molecule has 4 heteroatoms. The Morgan fingerprint density at radius 2 is 2.21 bits per heavy atom. The van der Waals surface area contributed by atoms with E-state index in [4.69, 9.17) is 5.73 Å². The number of aryl methyl sites for hydroxylation is 2. The van der Waals surface area contributed by atoms with Gasteiger partial charge in [-0.3, -0.25) is 0 Å². The van der Waals surface area contributed by atoms with Crippen molar-refractivity contribution in [2.75, 3.05) is 7.05 Å². The molecule has 0 bridgehead atoms. The molecule has 1 aromatic rings. The van der Waals surface area contributed by atoms with E-state index >= 15 is 0 Å². The van der Waals surface area contributed by atoms with Gasteiger partial charge in [0.25, 0.3) is 0 Å². The van der Waals surface area contributed by atoms with Crippen LogP contribution in [0, 0.1) is 13.8 Å². The van der Waals surface area contributed by atoms with Crippen molar-refractivity contribution in [1.29, 1.82) is 0 Å². The summed E-state index contributed by atoms with van der Waals surface area (Å²) in [6, 6.07) is 0. The number of nitrogens with one attached hydrogen (secondary N) is 1. The highest BCUT2D eigenvalue weighted by Gasteiger charge is 2.15. The predicted octanol–water partition coefficient (Wildman–Crippen LogP) is 1.88. The molecular formula is C10H17N3S. The van der Waals surface area contributed by atoms with Crippen molar-refractivity contribution in [2.45, 2.75) is 26.7 Å². The molecule has 0 saturated carbocycles. The van der Waals surface area contributed by atoms with Crippen molar-refractivity contribution in [3.8, 4) is 0 Å². The van der Waals surface area contributed by atoms with Gasteiger partial charge in [0.05, 0.1) is 10.7 Å². The molecule has 0 radical (unpaired) electrons. The zero-order valence-corrected chi connectivity index (χ0v) is 9.90. The number of allylic oxidation sites excluding steroid dienone is 1. The summed E-state index contributed by atoms with van der Waals surface area (Å²) in [6.45, 7) is 6.20. The Hall–Kier alpha value is -1.03. The highest BCUT2D eigenvalue weighted by molar-refractivity contribution is 7.11. The average Bonchev–Trinajstić information content (AvgIpc) is 2.47. The average molecular weight is 211 g/mol. The fourth-order valence-electron chi connectivity index (χ4n) is 1.53. The van der Waals surface area contributed by atoms with Gasteiger partial charge in [-0.05, 0) is 13.8 Å². The van der Waals surface area contributed by atoms with Crippen LogP contribution >= 0.6 is 11.3 Å². The number of likely N-dealkylation sites (N-methyl/N-ethyl adjacent to an activating group) is 1. The van der Waals surface area contributed by atoms with E-state index in [1.54, 1.807) is 17.5 Å². The first-order valence-electron chi connectivity index (χ1n) is 4.63. The second kappa shape index (κ2) is 4.46. The topological polar surface area (TPSA) is 50.9 Å². The van der Waals surface area contributed by atoms with Gasteiger partial charge in [0, 0.05) is 29.7 Å². The van der Waals surface area contributed by atoms with Crippen LogP contribution in [-0.4, -0.2) is 12.0 Å². The molecule has 3 nitrogen and oxygen atoms in total. The van der Waals surface area contributed by atoms with Gasteiger partial charge in [0.2, 0.25) is 0 Å². The Bertz CT molecular complexity index is 341. The lowest BCUT2D eigenvalue weighted by Crippen LogP contribution is -2.14. The van der Waals surface area contributed by atoms with Gasteiger partial charge in [-0.1, -0.05) is 6.92 Å². The van der Waals surface area contributed by atoms with Gasteiger partial charge in [0.1, 0.15) is 0 Å². The van der Waals surface area contributed by atoms with Gasteiger partial charge >= 0.3 is 0 Å². The highest BCUT2D eigenvalue weighted by atomic mass is 32.1. The minimum Gasteiger partial charge on any atom is -0.403 e. The number of hydrogen-bond acceptors (Lipinski definition) is 4. The molecule has 78 valence electrons. The Balaban J connectivity index is 2.99. The number of nitrogens with zero attached hydrogens (tertiary/aromatic N) is 1. The molecule has 1 aromatic heterocycles. The molecule has 0 spiro atoms. The van der Waals surface area contributed by atoms with Crippen molar-refractivity contribution in [3.63, 3.8) is 0 Å². The van der Waals surface area contributed by atoms with Crippen LogP contribution < -0.4 is 11.1 Å². The summed E-state index contributed by atoms with van der Waals surface area (Å²) in [5.41, 5.74) is 7.68. The zero-order chi connectivity index (χ0) is 10.7. The van der Waals surface area contributed by atoms with Crippen molar-refractivity contribution in [1.82, 2.24) is 10.3 Å². The molecule has 0 fully saturated rings. The summed E-state index contributed by atoms with van der Waals surface area (Å²) in [4.78, 5) is 5.69. The monoisotopic (exact) mass is 211 g/mol. The second-order valence-corrected chi connectivity index (χ2v) is 4.51. The molecule has 3 N–H and O–H groups in total. The summed E-state index contributed by atoms with van der Waals surface area (Å²) in [5, 5.41) is 4.21. The van der Waals surface area contributed by atoms with E-state index in [9.17, 15) is 0 Å². The first kappa shape index (κ1) is 11.0. The molecule has 1 rings (SSSR count). The quantitative estimate of drug-likeness (QED) is 0.802. The fraction of sp³-hybridized carbons (Fsp3) is 0.500. The summed E-state index contributed by atoms with van der Waals surface area (Å²) in [6.07, 6.45) is 1.62. The minimum atomic E-state index is 0.302. The van der Waals surface area contributed by atoms with E-state index in [1.807, 2.05) is 20.9 Å². The maximum Gasteiger partial charge on any atom is 0.0900 e. The van der Waals surface area contributed by atoms with Crippen LogP contribution in [0.15, 0.2) is 11.9 Å². The highest BCUT2D eigenvalue weighted by Crippen LogP contribution is 2.29. The van der Waals surface area contributed by atoms with Crippen LogP contribution in [0.3, 0.4) is 0 Å². The Morgan fingerprint density at radius 3 is 2.57 bits per heavy atom. The largest absolute Gasteiger partial charge is 0.403 e. The first-order chi connectivity index (χ1) is 6.60. The summed E-state index contributed by atoms with van der Waals surface area (Å²) >= 11 is 1.73. The molecular weight excluding hydrogens is 194 g/mol. The lowest BCUT2D eigenvalue weighted by molar-refractivity contribution is 0.792. The van der Waals surface area contributed by atoms with Crippen LogP contribution in [-0.2, 0) is 0 Å². The molecule has 1 heterocycles. The second-order valence-electron chi connectivity index (χ2n) is 3.28. The molecule has 1 unspecified atom stereocenters. The van der Waals surface area contributed by atoms with Crippen molar-refractivity contribution < 1.29 is 0 Å². The SMILES string of the molecule is CN/C(=C\N)C(C)c1sc(C)nc1C. The first-order valence-corrected chi connectivity index (χ1v) is 5.45. The molecule has 0 saturated heterocycles. The zero-order valence-electron chi connectivity index (χ0n) is 9.09. The Labute approximate surface area is 89.0 Å². The standard InChI is InChI=1S/C10H17N3S/c1-6(9(5-11)12-4)10-7(2)13-8(3)14-10/h5-6,12H,11H2,1-4H3/b9-5-. The van der Waals surface area contributed by atoms with E-state index in [0.717, 1.165) is 16.4 Å². The van der Waals surface area contributed by atoms with E-state index in [2.05, 4.69) is 17.2 Å². The van der Waals surface area contributed by atoms with Crippen molar-refractivity contribution in [2.24, 2.45) is 5.73 Å². The van der Waals surface area contributed by atoms with Gasteiger partial charge < -0.3 is 11.1 Å².